The zero-order valence-corrected chi connectivity index (χ0v) is 21.4. The third-order valence-electron chi connectivity index (χ3n) is 5.51. The lowest BCUT2D eigenvalue weighted by molar-refractivity contribution is 0.0978. The number of nitrogens with zero attached hydrogens (tertiary/aromatic N) is 2. The van der Waals surface area contributed by atoms with Crippen molar-refractivity contribution in [1.29, 1.82) is 0 Å². The summed E-state index contributed by atoms with van der Waals surface area (Å²) in [4.78, 5) is 21.5. The third kappa shape index (κ3) is 5.59. The average molecular weight is 522 g/mol. The van der Waals surface area contributed by atoms with Gasteiger partial charge in [-0.15, -0.1) is 0 Å². The molecular weight excluding hydrogens is 497 g/mol. The molecule has 0 saturated carbocycles. The molecule has 4 rings (SSSR count). The van der Waals surface area contributed by atoms with E-state index in [0.717, 1.165) is 28.8 Å². The van der Waals surface area contributed by atoms with Gasteiger partial charge < -0.3 is 9.84 Å². The predicted octanol–water partition coefficient (Wildman–Crippen LogP) is 5.13. The number of rotatable bonds is 6. The Morgan fingerprint density at radius 3 is 2.30 bits per heavy atom. The molecule has 10 heteroatoms. The fourth-order valence-corrected chi connectivity index (χ4v) is 4.86. The molecule has 0 aliphatic heterocycles. The standard InChI is InChI=1S/C27H24FN3O5S/c1-15-12-16(2)25(17(3)13-15)36-27-21(10-11-22(30-27)20-9-8-19(28)14-23(20)32)26(33)31-37(34,35)24-7-5-6-18(4)29-24/h5-14,32H,1-4H3,(H,31,33). The monoisotopic (exact) mass is 521 g/mol. The van der Waals surface area contributed by atoms with E-state index < -0.39 is 21.7 Å². The molecule has 0 aliphatic rings. The van der Waals surface area contributed by atoms with Crippen LogP contribution in [0.1, 0.15) is 32.7 Å². The minimum absolute atomic E-state index is 0.166. The van der Waals surface area contributed by atoms with E-state index in [1.165, 1.54) is 30.3 Å². The molecule has 0 atom stereocenters. The van der Waals surface area contributed by atoms with Gasteiger partial charge in [-0.25, -0.2) is 19.1 Å². The Labute approximate surface area is 213 Å². The first-order valence-electron chi connectivity index (χ1n) is 11.2. The van der Waals surface area contributed by atoms with Crippen LogP contribution >= 0.6 is 0 Å². The molecule has 1 amide bonds. The number of hydrogen-bond acceptors (Lipinski definition) is 7. The highest BCUT2D eigenvalue weighted by molar-refractivity contribution is 7.90. The average Bonchev–Trinajstić information content (AvgIpc) is 2.81. The van der Waals surface area contributed by atoms with Gasteiger partial charge in [0.1, 0.15) is 22.9 Å². The number of nitrogens with one attached hydrogen (secondary N) is 1. The molecule has 0 fully saturated rings. The van der Waals surface area contributed by atoms with Gasteiger partial charge in [0.15, 0.2) is 5.03 Å². The molecule has 190 valence electrons. The number of aromatic nitrogens is 2. The molecule has 0 aliphatic carbocycles. The van der Waals surface area contributed by atoms with Crippen LogP contribution in [-0.2, 0) is 10.0 Å². The summed E-state index contributed by atoms with van der Waals surface area (Å²) >= 11 is 0. The Balaban J connectivity index is 1.80. The van der Waals surface area contributed by atoms with Crippen LogP contribution in [0.5, 0.6) is 17.4 Å². The highest BCUT2D eigenvalue weighted by Gasteiger charge is 2.25. The number of halogens is 1. The molecule has 2 aromatic carbocycles. The number of carbonyl (C=O) groups is 1. The zero-order chi connectivity index (χ0) is 26.9. The molecular formula is C27H24FN3O5S. The van der Waals surface area contributed by atoms with Crippen LogP contribution in [0.25, 0.3) is 11.3 Å². The molecule has 0 bridgehead atoms. The number of sulfonamides is 1. The lowest BCUT2D eigenvalue weighted by Crippen LogP contribution is -2.31. The van der Waals surface area contributed by atoms with Crippen molar-refractivity contribution in [2.24, 2.45) is 0 Å². The first kappa shape index (κ1) is 25.8. The highest BCUT2D eigenvalue weighted by atomic mass is 32.2. The summed E-state index contributed by atoms with van der Waals surface area (Å²) in [6.45, 7) is 7.23. The Hall–Kier alpha value is -4.31. The molecule has 2 N–H and O–H groups in total. The summed E-state index contributed by atoms with van der Waals surface area (Å²) in [5.74, 6) is -1.72. The normalized spacial score (nSPS) is 11.3. The number of ether oxygens (including phenoxy) is 1. The Morgan fingerprint density at radius 2 is 1.65 bits per heavy atom. The van der Waals surface area contributed by atoms with Crippen molar-refractivity contribution >= 4 is 15.9 Å². The fourth-order valence-electron chi connectivity index (χ4n) is 3.88. The molecule has 8 nitrogen and oxygen atoms in total. The third-order valence-corrected chi connectivity index (χ3v) is 6.74. The van der Waals surface area contributed by atoms with Crippen LogP contribution in [-0.4, -0.2) is 29.4 Å². The van der Waals surface area contributed by atoms with Gasteiger partial charge in [0, 0.05) is 17.3 Å². The minimum Gasteiger partial charge on any atom is -0.507 e. The van der Waals surface area contributed by atoms with E-state index in [2.05, 4.69) is 9.97 Å². The minimum atomic E-state index is -4.29. The first-order valence-corrected chi connectivity index (χ1v) is 12.7. The highest BCUT2D eigenvalue weighted by Crippen LogP contribution is 2.34. The van der Waals surface area contributed by atoms with Crippen molar-refractivity contribution in [2.75, 3.05) is 0 Å². The lowest BCUT2D eigenvalue weighted by Gasteiger charge is -2.16. The lowest BCUT2D eigenvalue weighted by atomic mass is 10.1. The number of phenolic OH excluding ortho intramolecular Hbond substituents is 1. The van der Waals surface area contributed by atoms with Gasteiger partial charge in [-0.1, -0.05) is 23.8 Å². The number of benzene rings is 2. The predicted molar refractivity (Wildman–Crippen MR) is 136 cm³/mol. The molecule has 37 heavy (non-hydrogen) atoms. The second kappa shape index (κ2) is 9.98. The summed E-state index contributed by atoms with van der Waals surface area (Å²) in [6.07, 6.45) is 0. The van der Waals surface area contributed by atoms with E-state index in [9.17, 15) is 22.7 Å². The molecule has 4 aromatic rings. The summed E-state index contributed by atoms with van der Waals surface area (Å²) in [7, 11) is -4.29. The maximum Gasteiger partial charge on any atom is 0.281 e. The van der Waals surface area contributed by atoms with Crippen molar-refractivity contribution in [3.05, 3.63) is 94.4 Å². The van der Waals surface area contributed by atoms with Crippen molar-refractivity contribution in [1.82, 2.24) is 14.7 Å². The smallest absolute Gasteiger partial charge is 0.281 e. The Kier molecular flexibility index (Phi) is 6.95. The van der Waals surface area contributed by atoms with Gasteiger partial charge in [0.25, 0.3) is 15.9 Å². The van der Waals surface area contributed by atoms with E-state index in [1.807, 2.05) is 37.6 Å². The first-order chi connectivity index (χ1) is 17.4. The summed E-state index contributed by atoms with van der Waals surface area (Å²) in [6, 6.07) is 14.4. The van der Waals surface area contributed by atoms with Gasteiger partial charge in [-0.05, 0) is 75.2 Å². The molecule has 2 heterocycles. The number of phenols is 1. The van der Waals surface area contributed by atoms with Gasteiger partial charge in [-0.2, -0.15) is 8.42 Å². The molecule has 0 spiro atoms. The van der Waals surface area contributed by atoms with Crippen molar-refractivity contribution in [3.63, 3.8) is 0 Å². The van der Waals surface area contributed by atoms with Crippen LogP contribution in [0, 0.1) is 33.5 Å². The molecule has 2 aromatic heterocycles. The van der Waals surface area contributed by atoms with Crippen molar-refractivity contribution in [2.45, 2.75) is 32.7 Å². The Bertz CT molecular complexity index is 1610. The van der Waals surface area contributed by atoms with Crippen LogP contribution in [0.2, 0.25) is 0 Å². The maximum absolute atomic E-state index is 13.5. The summed E-state index contributed by atoms with van der Waals surface area (Å²) in [5, 5.41) is 9.93. The van der Waals surface area contributed by atoms with Crippen LogP contribution in [0.4, 0.5) is 4.39 Å². The maximum atomic E-state index is 13.5. The molecule has 0 unspecified atom stereocenters. The summed E-state index contributed by atoms with van der Waals surface area (Å²) in [5.41, 5.74) is 3.25. The van der Waals surface area contributed by atoms with Crippen LogP contribution in [0.3, 0.4) is 0 Å². The second-order valence-corrected chi connectivity index (χ2v) is 10.2. The quantitative estimate of drug-likeness (QED) is 0.361. The number of carbonyl (C=O) groups excluding carboxylic acids is 1. The van der Waals surface area contributed by atoms with Crippen LogP contribution in [0.15, 0.2) is 65.7 Å². The van der Waals surface area contributed by atoms with Crippen molar-refractivity contribution < 1.29 is 27.4 Å². The second-order valence-electron chi connectivity index (χ2n) is 8.59. The van der Waals surface area contributed by atoms with E-state index in [1.54, 1.807) is 13.0 Å². The Morgan fingerprint density at radius 1 is 0.946 bits per heavy atom. The largest absolute Gasteiger partial charge is 0.507 e. The van der Waals surface area contributed by atoms with E-state index in [-0.39, 0.29) is 33.5 Å². The topological polar surface area (TPSA) is 118 Å². The van der Waals surface area contributed by atoms with Gasteiger partial charge in [0.2, 0.25) is 5.88 Å². The number of aryl methyl sites for hydroxylation is 4. The van der Waals surface area contributed by atoms with Crippen LogP contribution < -0.4 is 9.46 Å². The summed E-state index contributed by atoms with van der Waals surface area (Å²) < 4.78 is 47.3. The van der Waals surface area contributed by atoms with E-state index in [4.69, 9.17) is 4.74 Å². The van der Waals surface area contributed by atoms with Gasteiger partial charge in [0.05, 0.1) is 5.69 Å². The van der Waals surface area contributed by atoms with Gasteiger partial charge >= 0.3 is 0 Å². The number of amides is 1. The zero-order valence-electron chi connectivity index (χ0n) is 20.5. The molecule has 0 radical (unpaired) electrons. The van der Waals surface area contributed by atoms with Gasteiger partial charge in [-0.3, -0.25) is 4.79 Å². The number of hydrogen-bond donors (Lipinski definition) is 2. The SMILES string of the molecule is Cc1cc(C)c(Oc2nc(-c3ccc(F)cc3O)ccc2C(=O)NS(=O)(=O)c2cccc(C)n2)c(C)c1. The fraction of sp³-hybridized carbons (Fsp3) is 0.148. The number of aromatic hydroxyl groups is 1. The van der Waals surface area contributed by atoms with E-state index >= 15 is 0 Å². The van der Waals surface area contributed by atoms with E-state index in [0.29, 0.717) is 11.4 Å². The molecule has 0 saturated heterocycles. The number of pyridine rings is 2. The van der Waals surface area contributed by atoms with Crippen molar-refractivity contribution in [3.8, 4) is 28.6 Å².